The van der Waals surface area contributed by atoms with Gasteiger partial charge in [0.25, 0.3) is 5.91 Å². The Bertz CT molecular complexity index is 1240. The Hall–Kier alpha value is -3.66. The Kier molecular flexibility index (Phi) is 6.40. The Balaban J connectivity index is 2.33. The lowest BCUT2D eigenvalue weighted by atomic mass is 10.1. The third-order valence-corrected chi connectivity index (χ3v) is 4.95. The predicted molar refractivity (Wildman–Crippen MR) is 117 cm³/mol. The summed E-state index contributed by atoms with van der Waals surface area (Å²) in [5.74, 6) is -0.543. The van der Waals surface area contributed by atoms with Crippen molar-refractivity contribution in [2.45, 2.75) is 26.9 Å². The quantitative estimate of drug-likeness (QED) is 0.542. The molecule has 3 rings (SSSR count). The van der Waals surface area contributed by atoms with Gasteiger partial charge in [0.05, 0.1) is 18.3 Å². The molecule has 31 heavy (non-hydrogen) atoms. The predicted octanol–water partition coefficient (Wildman–Crippen LogP) is 0.868. The van der Waals surface area contributed by atoms with Crippen LogP contribution in [0, 0.1) is 6.92 Å². The Morgan fingerprint density at radius 2 is 2.00 bits per heavy atom. The lowest BCUT2D eigenvalue weighted by Gasteiger charge is -2.08. The maximum absolute atomic E-state index is 13.1. The van der Waals surface area contributed by atoms with Crippen molar-refractivity contribution in [3.63, 3.8) is 0 Å². The zero-order chi connectivity index (χ0) is 22.7. The number of benzene rings is 1. The van der Waals surface area contributed by atoms with E-state index in [1.807, 2.05) is 30.6 Å². The third kappa shape index (κ3) is 4.15. The average Bonchev–Trinajstić information content (AvgIpc) is 3.26. The van der Waals surface area contributed by atoms with Crippen LogP contribution in [0.15, 0.2) is 35.3 Å². The van der Waals surface area contributed by atoms with Crippen molar-refractivity contribution >= 4 is 22.8 Å². The van der Waals surface area contributed by atoms with E-state index in [4.69, 9.17) is 16.2 Å². The molecule has 3 aromatic rings. The number of ether oxygens (including phenoxy) is 1. The van der Waals surface area contributed by atoms with E-state index >= 15 is 0 Å². The van der Waals surface area contributed by atoms with E-state index in [1.165, 1.54) is 7.11 Å². The maximum atomic E-state index is 13.1. The summed E-state index contributed by atoms with van der Waals surface area (Å²) >= 11 is 0. The van der Waals surface area contributed by atoms with Crippen molar-refractivity contribution in [3.8, 4) is 5.75 Å². The van der Waals surface area contributed by atoms with Gasteiger partial charge in [0.15, 0.2) is 0 Å². The van der Waals surface area contributed by atoms with Crippen molar-refractivity contribution < 1.29 is 14.3 Å². The first-order valence-electron chi connectivity index (χ1n) is 9.88. The van der Waals surface area contributed by atoms with Crippen molar-refractivity contribution in [2.24, 2.45) is 23.5 Å². The Morgan fingerprint density at radius 3 is 2.61 bits per heavy atom. The van der Waals surface area contributed by atoms with E-state index < -0.39 is 11.8 Å². The number of fused-ring (bicyclic) bond motifs is 1. The SMILES string of the molecule is CCn1nc(C)cc1C(=O)/N=c1\n(C)c2cc(C(N)=O)cc(OC)c2n1C/C=C/CN. The molecule has 1 aromatic carbocycles. The van der Waals surface area contributed by atoms with Crippen LogP contribution in [0.25, 0.3) is 11.0 Å². The van der Waals surface area contributed by atoms with Gasteiger partial charge in [-0.05, 0) is 32.0 Å². The lowest BCUT2D eigenvalue weighted by Crippen LogP contribution is -2.26. The number of carbonyl (C=O) groups is 2. The van der Waals surface area contributed by atoms with E-state index in [0.717, 1.165) is 5.69 Å². The van der Waals surface area contributed by atoms with E-state index in [2.05, 4.69) is 10.1 Å². The second-order valence-corrected chi connectivity index (χ2v) is 6.99. The molecule has 4 N–H and O–H groups in total. The first-order valence-corrected chi connectivity index (χ1v) is 9.88. The zero-order valence-electron chi connectivity index (χ0n) is 18.1. The van der Waals surface area contributed by atoms with Gasteiger partial charge in [0.2, 0.25) is 11.5 Å². The van der Waals surface area contributed by atoms with Gasteiger partial charge in [0.1, 0.15) is 17.0 Å². The molecular weight excluding hydrogens is 398 g/mol. The number of methoxy groups -OCH3 is 1. The standard InChI is InChI=1S/C21H27N7O3/c1-5-28-16(10-13(2)25-28)20(30)24-21-26(3)15-11-14(19(23)29)12-17(31-4)18(15)27(21)9-7-6-8-22/h6-7,10-12H,5,8-9,22H2,1-4H3,(H2,23,29)/b7-6+,24-21+. The number of imidazole rings is 1. The number of carbonyl (C=O) groups excluding carboxylic acids is 2. The van der Waals surface area contributed by atoms with E-state index in [9.17, 15) is 9.59 Å². The van der Waals surface area contributed by atoms with E-state index in [0.29, 0.717) is 53.3 Å². The molecule has 2 aromatic heterocycles. The molecule has 0 aliphatic rings. The molecule has 0 fully saturated rings. The fourth-order valence-electron chi connectivity index (χ4n) is 3.50. The monoisotopic (exact) mass is 425 g/mol. The summed E-state index contributed by atoms with van der Waals surface area (Å²) < 4.78 is 10.7. The molecule has 0 bridgehead atoms. The number of nitrogens with two attached hydrogens (primary N) is 2. The number of nitrogens with zero attached hydrogens (tertiary/aromatic N) is 5. The van der Waals surface area contributed by atoms with Gasteiger partial charge in [-0.15, -0.1) is 0 Å². The molecular formula is C21H27N7O3. The normalized spacial score (nSPS) is 12.2. The second kappa shape index (κ2) is 9.00. The number of allylic oxidation sites excluding steroid dienone is 1. The van der Waals surface area contributed by atoms with Crippen LogP contribution in [0.4, 0.5) is 0 Å². The van der Waals surface area contributed by atoms with Crippen molar-refractivity contribution in [3.05, 3.63) is 52.9 Å². The Labute approximate surface area is 179 Å². The summed E-state index contributed by atoms with van der Waals surface area (Å²) in [7, 11) is 3.28. The number of amides is 2. The average molecular weight is 425 g/mol. The summed E-state index contributed by atoms with van der Waals surface area (Å²) in [6.45, 7) is 5.07. The molecule has 0 saturated heterocycles. The van der Waals surface area contributed by atoms with Gasteiger partial charge in [-0.3, -0.25) is 14.3 Å². The lowest BCUT2D eigenvalue weighted by molar-refractivity contribution is 0.0982. The van der Waals surface area contributed by atoms with Gasteiger partial charge in [-0.2, -0.15) is 10.1 Å². The topological polar surface area (TPSA) is 135 Å². The van der Waals surface area contributed by atoms with Crippen molar-refractivity contribution in [1.82, 2.24) is 18.9 Å². The molecule has 0 aliphatic carbocycles. The van der Waals surface area contributed by atoms with Crippen LogP contribution in [0.2, 0.25) is 0 Å². The summed E-state index contributed by atoms with van der Waals surface area (Å²) in [4.78, 5) is 29.3. The number of hydrogen-bond acceptors (Lipinski definition) is 5. The summed E-state index contributed by atoms with van der Waals surface area (Å²) in [5.41, 5.74) is 14.2. The molecule has 10 heteroatoms. The summed E-state index contributed by atoms with van der Waals surface area (Å²) in [5, 5.41) is 4.32. The minimum atomic E-state index is -0.576. The highest BCUT2D eigenvalue weighted by atomic mass is 16.5. The molecule has 0 radical (unpaired) electrons. The number of primary amides is 1. The smallest absolute Gasteiger partial charge is 0.298 e. The van der Waals surface area contributed by atoms with E-state index in [1.54, 1.807) is 34.5 Å². The van der Waals surface area contributed by atoms with Crippen LogP contribution in [0.5, 0.6) is 5.75 Å². The van der Waals surface area contributed by atoms with Crippen LogP contribution in [-0.4, -0.2) is 44.4 Å². The molecule has 10 nitrogen and oxygen atoms in total. The van der Waals surface area contributed by atoms with Crippen LogP contribution in [0.3, 0.4) is 0 Å². The molecule has 0 atom stereocenters. The molecule has 164 valence electrons. The maximum Gasteiger partial charge on any atom is 0.298 e. The van der Waals surface area contributed by atoms with Gasteiger partial charge < -0.3 is 25.3 Å². The minimum absolute atomic E-state index is 0.298. The molecule has 0 unspecified atom stereocenters. The third-order valence-electron chi connectivity index (χ3n) is 4.95. The molecule has 0 aliphatic heterocycles. The number of aryl methyl sites for hydroxylation is 3. The molecule has 2 amide bonds. The first-order chi connectivity index (χ1) is 14.8. The number of rotatable bonds is 7. The number of hydrogen-bond donors (Lipinski definition) is 2. The van der Waals surface area contributed by atoms with Gasteiger partial charge in [-0.25, -0.2) is 0 Å². The fourth-order valence-corrected chi connectivity index (χ4v) is 3.50. The fraction of sp³-hybridized carbons (Fsp3) is 0.333. The molecule has 0 spiro atoms. The number of aromatic nitrogens is 4. The molecule has 2 heterocycles. The van der Waals surface area contributed by atoms with Crippen molar-refractivity contribution in [2.75, 3.05) is 13.7 Å². The highest BCUT2D eigenvalue weighted by molar-refractivity contribution is 5.98. The van der Waals surface area contributed by atoms with Crippen LogP contribution in [-0.2, 0) is 20.1 Å². The van der Waals surface area contributed by atoms with Crippen LogP contribution < -0.4 is 21.8 Å². The van der Waals surface area contributed by atoms with Gasteiger partial charge >= 0.3 is 0 Å². The van der Waals surface area contributed by atoms with Crippen LogP contribution >= 0.6 is 0 Å². The first kappa shape index (κ1) is 22.0. The zero-order valence-corrected chi connectivity index (χ0v) is 18.1. The van der Waals surface area contributed by atoms with Gasteiger partial charge in [0, 0.05) is 32.2 Å². The Morgan fingerprint density at radius 1 is 1.26 bits per heavy atom. The summed E-state index contributed by atoms with van der Waals surface area (Å²) in [6.07, 6.45) is 3.70. The van der Waals surface area contributed by atoms with Gasteiger partial charge in [-0.1, -0.05) is 12.2 Å². The largest absolute Gasteiger partial charge is 0.494 e. The molecule has 0 saturated carbocycles. The van der Waals surface area contributed by atoms with Crippen molar-refractivity contribution in [1.29, 1.82) is 0 Å². The minimum Gasteiger partial charge on any atom is -0.494 e. The van der Waals surface area contributed by atoms with Crippen LogP contribution in [0.1, 0.15) is 33.5 Å². The summed E-state index contributed by atoms with van der Waals surface area (Å²) in [6, 6.07) is 4.95. The second-order valence-electron chi connectivity index (χ2n) is 6.99. The van der Waals surface area contributed by atoms with E-state index in [-0.39, 0.29) is 0 Å². The highest BCUT2D eigenvalue weighted by Crippen LogP contribution is 2.27. The highest BCUT2D eigenvalue weighted by Gasteiger charge is 2.19.